The minimum atomic E-state index is 0.433. The zero-order chi connectivity index (χ0) is 13.9. The van der Waals surface area contributed by atoms with E-state index in [0.29, 0.717) is 16.9 Å². The van der Waals surface area contributed by atoms with Crippen molar-refractivity contribution in [3.05, 3.63) is 28.2 Å². The number of rotatable bonds is 5. The first-order chi connectivity index (χ1) is 8.32. The third-order valence-corrected chi connectivity index (χ3v) is 3.60. The van der Waals surface area contributed by atoms with Crippen LogP contribution in [0, 0.1) is 5.92 Å². The molecule has 4 heteroatoms. The second kappa shape index (κ2) is 6.53. The van der Waals surface area contributed by atoms with Crippen molar-refractivity contribution in [2.24, 2.45) is 11.7 Å². The van der Waals surface area contributed by atoms with Gasteiger partial charge >= 0.3 is 0 Å². The number of anilines is 1. The Kier molecular flexibility index (Phi) is 5.60. The summed E-state index contributed by atoms with van der Waals surface area (Å²) in [4.78, 5) is 2.82. The minimum Gasteiger partial charge on any atom is -0.389 e. The number of hydrogen-bond donors (Lipinski definition) is 1. The quantitative estimate of drug-likeness (QED) is 0.829. The Morgan fingerprint density at radius 1 is 1.33 bits per heavy atom. The van der Waals surface area contributed by atoms with E-state index in [9.17, 15) is 0 Å². The molecule has 0 aromatic heterocycles. The van der Waals surface area contributed by atoms with Crippen molar-refractivity contribution >= 4 is 38.8 Å². The van der Waals surface area contributed by atoms with E-state index in [4.69, 9.17) is 18.0 Å². The summed E-state index contributed by atoms with van der Waals surface area (Å²) in [6, 6.07) is 6.52. The summed E-state index contributed by atoms with van der Waals surface area (Å²) in [5.74, 6) is 0.620. The summed E-state index contributed by atoms with van der Waals surface area (Å²) in [6.45, 7) is 9.90. The van der Waals surface area contributed by atoms with E-state index in [-0.39, 0.29) is 0 Å². The van der Waals surface area contributed by atoms with Crippen LogP contribution in [0.15, 0.2) is 22.7 Å². The maximum Gasteiger partial charge on any atom is 0.104 e. The Bertz CT molecular complexity index is 430. The van der Waals surface area contributed by atoms with E-state index in [1.165, 1.54) is 5.69 Å². The van der Waals surface area contributed by atoms with Crippen molar-refractivity contribution in [2.45, 2.75) is 33.7 Å². The van der Waals surface area contributed by atoms with Gasteiger partial charge in [0.25, 0.3) is 0 Å². The Balaban J connectivity index is 3.09. The third kappa shape index (κ3) is 3.95. The predicted octanol–water partition coefficient (Wildman–Crippen LogP) is 3.95. The van der Waals surface area contributed by atoms with E-state index >= 15 is 0 Å². The largest absolute Gasteiger partial charge is 0.389 e. The maximum atomic E-state index is 5.65. The van der Waals surface area contributed by atoms with Crippen LogP contribution >= 0.6 is 28.1 Å². The fourth-order valence-electron chi connectivity index (χ4n) is 1.87. The molecule has 1 aromatic rings. The zero-order valence-electron chi connectivity index (χ0n) is 11.4. The summed E-state index contributed by atoms with van der Waals surface area (Å²) in [5, 5.41) is 0. The topological polar surface area (TPSA) is 29.3 Å². The van der Waals surface area contributed by atoms with E-state index < -0.39 is 0 Å². The third-order valence-electron chi connectivity index (χ3n) is 2.73. The van der Waals surface area contributed by atoms with Gasteiger partial charge in [0, 0.05) is 22.6 Å². The number of thiocarbonyl (C=S) groups is 1. The Hall–Kier alpha value is -0.610. The molecule has 0 unspecified atom stereocenters. The maximum absolute atomic E-state index is 5.65. The lowest BCUT2D eigenvalue weighted by atomic mass is 10.1. The van der Waals surface area contributed by atoms with Crippen molar-refractivity contribution < 1.29 is 0 Å². The number of hydrogen-bond acceptors (Lipinski definition) is 2. The summed E-state index contributed by atoms with van der Waals surface area (Å²) in [5.41, 5.74) is 7.74. The van der Waals surface area contributed by atoms with Crippen molar-refractivity contribution in [3.63, 3.8) is 0 Å². The highest BCUT2D eigenvalue weighted by Crippen LogP contribution is 2.29. The average molecular weight is 329 g/mol. The lowest BCUT2D eigenvalue weighted by molar-refractivity contribution is 0.570. The van der Waals surface area contributed by atoms with E-state index in [1.807, 2.05) is 12.1 Å². The van der Waals surface area contributed by atoms with Gasteiger partial charge < -0.3 is 10.6 Å². The van der Waals surface area contributed by atoms with Crippen LogP contribution in [0.1, 0.15) is 33.3 Å². The number of nitrogens with zero attached hydrogens (tertiary/aromatic N) is 1. The Labute approximate surface area is 124 Å². The highest BCUT2D eigenvalue weighted by atomic mass is 79.9. The summed E-state index contributed by atoms with van der Waals surface area (Å²) < 4.78 is 1.04. The first-order valence-corrected chi connectivity index (χ1v) is 7.39. The molecule has 0 aliphatic carbocycles. The molecule has 0 aliphatic rings. The first kappa shape index (κ1) is 15.4. The molecular weight excluding hydrogens is 308 g/mol. The molecule has 2 N–H and O–H groups in total. The van der Waals surface area contributed by atoms with Gasteiger partial charge in [0.1, 0.15) is 4.99 Å². The smallest absolute Gasteiger partial charge is 0.104 e. The molecule has 1 aromatic carbocycles. The van der Waals surface area contributed by atoms with E-state index in [2.05, 4.69) is 54.6 Å². The molecule has 0 fully saturated rings. The van der Waals surface area contributed by atoms with E-state index in [0.717, 1.165) is 16.6 Å². The van der Waals surface area contributed by atoms with Crippen LogP contribution in [-0.2, 0) is 0 Å². The number of nitrogens with two attached hydrogens (primary N) is 1. The molecule has 0 saturated carbocycles. The SMILES string of the molecule is CC(C)CN(c1ccc(C(N)=S)cc1Br)C(C)C. The lowest BCUT2D eigenvalue weighted by Crippen LogP contribution is -2.34. The van der Waals surface area contributed by atoms with Gasteiger partial charge in [-0.3, -0.25) is 0 Å². The van der Waals surface area contributed by atoms with Crippen molar-refractivity contribution in [1.29, 1.82) is 0 Å². The van der Waals surface area contributed by atoms with Crippen molar-refractivity contribution in [3.8, 4) is 0 Å². The molecular formula is C14H21BrN2S. The van der Waals surface area contributed by atoms with Gasteiger partial charge in [0.2, 0.25) is 0 Å². The normalized spacial score (nSPS) is 11.1. The second-order valence-electron chi connectivity index (χ2n) is 5.17. The lowest BCUT2D eigenvalue weighted by Gasteiger charge is -2.31. The molecule has 0 amide bonds. The van der Waals surface area contributed by atoms with Crippen LogP contribution in [0.25, 0.3) is 0 Å². The van der Waals surface area contributed by atoms with Gasteiger partial charge in [-0.15, -0.1) is 0 Å². The molecule has 100 valence electrons. The standard InChI is InChI=1S/C14H21BrN2S/c1-9(2)8-17(10(3)4)13-6-5-11(14(16)18)7-12(13)15/h5-7,9-10H,8H2,1-4H3,(H2,16,18). The summed E-state index contributed by atoms with van der Waals surface area (Å²) in [6.07, 6.45) is 0. The van der Waals surface area contributed by atoms with Crippen molar-refractivity contribution in [1.82, 2.24) is 0 Å². The highest BCUT2D eigenvalue weighted by molar-refractivity contribution is 9.10. The number of benzene rings is 1. The van der Waals surface area contributed by atoms with Crippen LogP contribution in [0.4, 0.5) is 5.69 Å². The molecule has 18 heavy (non-hydrogen) atoms. The van der Waals surface area contributed by atoms with Crippen molar-refractivity contribution in [2.75, 3.05) is 11.4 Å². The molecule has 0 radical (unpaired) electrons. The molecule has 0 bridgehead atoms. The van der Waals surface area contributed by atoms with Gasteiger partial charge in [-0.2, -0.15) is 0 Å². The Morgan fingerprint density at radius 2 is 1.94 bits per heavy atom. The van der Waals surface area contributed by atoms with Crippen LogP contribution in [-0.4, -0.2) is 17.6 Å². The summed E-state index contributed by atoms with van der Waals surface area (Å²) in [7, 11) is 0. The van der Waals surface area contributed by atoms with Crippen LogP contribution in [0.3, 0.4) is 0 Å². The van der Waals surface area contributed by atoms with Crippen LogP contribution in [0.5, 0.6) is 0 Å². The van der Waals surface area contributed by atoms with E-state index in [1.54, 1.807) is 0 Å². The van der Waals surface area contributed by atoms with Gasteiger partial charge in [-0.1, -0.05) is 26.1 Å². The molecule has 2 nitrogen and oxygen atoms in total. The second-order valence-corrected chi connectivity index (χ2v) is 6.46. The number of halogens is 1. The highest BCUT2D eigenvalue weighted by Gasteiger charge is 2.15. The van der Waals surface area contributed by atoms with Gasteiger partial charge in [-0.05, 0) is 53.9 Å². The Morgan fingerprint density at radius 3 is 2.33 bits per heavy atom. The first-order valence-electron chi connectivity index (χ1n) is 6.19. The minimum absolute atomic E-state index is 0.433. The predicted molar refractivity (Wildman–Crippen MR) is 87.3 cm³/mol. The molecule has 0 spiro atoms. The van der Waals surface area contributed by atoms with Gasteiger partial charge in [0.05, 0.1) is 5.69 Å². The van der Waals surface area contributed by atoms with Gasteiger partial charge in [-0.25, -0.2) is 0 Å². The fourth-order valence-corrected chi connectivity index (χ4v) is 2.61. The van der Waals surface area contributed by atoms with Crippen LogP contribution < -0.4 is 10.6 Å². The molecule has 0 atom stereocenters. The molecule has 1 rings (SSSR count). The molecule has 0 saturated heterocycles. The average Bonchev–Trinajstić information content (AvgIpc) is 2.25. The van der Waals surface area contributed by atoms with Gasteiger partial charge in [0.15, 0.2) is 0 Å². The van der Waals surface area contributed by atoms with Crippen LogP contribution in [0.2, 0.25) is 0 Å². The zero-order valence-corrected chi connectivity index (χ0v) is 13.8. The molecule has 0 heterocycles. The monoisotopic (exact) mass is 328 g/mol. The fraction of sp³-hybridized carbons (Fsp3) is 0.500. The summed E-state index contributed by atoms with van der Waals surface area (Å²) >= 11 is 8.61. The molecule has 0 aliphatic heterocycles.